The van der Waals surface area contributed by atoms with E-state index in [0.717, 1.165) is 0 Å². The van der Waals surface area contributed by atoms with Gasteiger partial charge in [0, 0.05) is 11.3 Å². The molecule has 0 saturated carbocycles. The van der Waals surface area contributed by atoms with Crippen molar-refractivity contribution in [3.63, 3.8) is 0 Å². The second-order valence-corrected chi connectivity index (χ2v) is 6.54. The molecule has 3 rings (SSSR count). The van der Waals surface area contributed by atoms with Gasteiger partial charge in [-0.25, -0.2) is 0 Å². The van der Waals surface area contributed by atoms with E-state index in [1.165, 1.54) is 0 Å². The van der Waals surface area contributed by atoms with Gasteiger partial charge in [-0.3, -0.25) is 9.59 Å². The van der Waals surface area contributed by atoms with Crippen molar-refractivity contribution in [2.24, 2.45) is 0 Å². The van der Waals surface area contributed by atoms with Crippen molar-refractivity contribution in [2.45, 2.75) is 6.92 Å². The number of benzene rings is 3. The summed E-state index contributed by atoms with van der Waals surface area (Å²) in [6.07, 6.45) is 1.59. The number of hydrogen-bond donors (Lipinski definition) is 2. The Labute approximate surface area is 181 Å². The number of para-hydroxylation sites is 1. The Kier molecular flexibility index (Phi) is 7.43. The minimum atomic E-state index is -0.441. The van der Waals surface area contributed by atoms with E-state index in [1.54, 1.807) is 67.8 Å². The lowest BCUT2D eigenvalue weighted by atomic mass is 10.1. The molecule has 0 aliphatic rings. The second kappa shape index (κ2) is 10.6. The molecule has 0 atom stereocenters. The van der Waals surface area contributed by atoms with E-state index >= 15 is 0 Å². The van der Waals surface area contributed by atoms with E-state index in [4.69, 9.17) is 9.47 Å². The fourth-order valence-electron chi connectivity index (χ4n) is 2.88. The quantitative estimate of drug-likeness (QED) is 0.530. The fourth-order valence-corrected chi connectivity index (χ4v) is 2.88. The molecular formula is C25H24N2O4. The molecule has 0 unspecified atom stereocenters. The zero-order chi connectivity index (χ0) is 22.1. The third-order valence-corrected chi connectivity index (χ3v) is 4.36. The summed E-state index contributed by atoms with van der Waals surface area (Å²) in [5.41, 5.74) is 1.85. The van der Waals surface area contributed by atoms with Gasteiger partial charge in [-0.05, 0) is 55.0 Å². The van der Waals surface area contributed by atoms with Crippen molar-refractivity contribution in [1.29, 1.82) is 0 Å². The first-order chi connectivity index (χ1) is 15.1. The monoisotopic (exact) mass is 416 g/mol. The molecule has 3 aromatic carbocycles. The number of amides is 2. The van der Waals surface area contributed by atoms with Crippen LogP contribution in [-0.4, -0.2) is 25.5 Å². The summed E-state index contributed by atoms with van der Waals surface area (Å²) >= 11 is 0. The molecule has 0 bridgehead atoms. The summed E-state index contributed by atoms with van der Waals surface area (Å²) in [5, 5.41) is 5.52. The van der Waals surface area contributed by atoms with Crippen molar-refractivity contribution < 1.29 is 19.1 Å². The van der Waals surface area contributed by atoms with Gasteiger partial charge in [-0.1, -0.05) is 42.5 Å². The van der Waals surface area contributed by atoms with E-state index in [-0.39, 0.29) is 11.6 Å². The van der Waals surface area contributed by atoms with Gasteiger partial charge in [-0.15, -0.1) is 0 Å². The van der Waals surface area contributed by atoms with E-state index in [2.05, 4.69) is 10.6 Å². The topological polar surface area (TPSA) is 76.7 Å². The number of rotatable bonds is 8. The first-order valence-electron chi connectivity index (χ1n) is 9.86. The SMILES string of the molecule is CCOc1ccc(/C=C(\NC(=O)c2ccccc2)C(=O)Nc2ccccc2)cc1OC. The maximum Gasteiger partial charge on any atom is 0.272 e. The average molecular weight is 416 g/mol. The van der Waals surface area contributed by atoms with Gasteiger partial charge in [-0.2, -0.15) is 0 Å². The van der Waals surface area contributed by atoms with Crippen LogP contribution in [0, 0.1) is 0 Å². The molecule has 158 valence electrons. The standard InChI is InChI=1S/C25H24N2O4/c1-3-31-22-15-14-18(17-23(22)30-2)16-21(25(29)26-20-12-8-5-9-13-20)27-24(28)19-10-6-4-7-11-19/h4-17H,3H2,1-2H3,(H,26,29)(H,27,28)/b21-16-. The molecule has 31 heavy (non-hydrogen) atoms. The highest BCUT2D eigenvalue weighted by molar-refractivity contribution is 6.10. The van der Waals surface area contributed by atoms with Crippen LogP contribution in [0.2, 0.25) is 0 Å². The Hall–Kier alpha value is -4.06. The third-order valence-electron chi connectivity index (χ3n) is 4.36. The molecule has 2 N–H and O–H groups in total. The molecule has 0 saturated heterocycles. The maximum absolute atomic E-state index is 13.0. The smallest absolute Gasteiger partial charge is 0.272 e. The van der Waals surface area contributed by atoms with Crippen LogP contribution in [0.25, 0.3) is 6.08 Å². The van der Waals surface area contributed by atoms with Crippen LogP contribution >= 0.6 is 0 Å². The van der Waals surface area contributed by atoms with Crippen LogP contribution in [-0.2, 0) is 4.79 Å². The van der Waals surface area contributed by atoms with E-state index in [9.17, 15) is 9.59 Å². The molecule has 6 nitrogen and oxygen atoms in total. The predicted molar refractivity (Wildman–Crippen MR) is 121 cm³/mol. The van der Waals surface area contributed by atoms with Crippen molar-refractivity contribution in [3.05, 3.63) is 95.7 Å². The minimum Gasteiger partial charge on any atom is -0.493 e. The molecule has 2 amide bonds. The minimum absolute atomic E-state index is 0.101. The fraction of sp³-hybridized carbons (Fsp3) is 0.120. The number of ether oxygens (including phenoxy) is 2. The zero-order valence-corrected chi connectivity index (χ0v) is 17.4. The third kappa shape index (κ3) is 5.96. The summed E-state index contributed by atoms with van der Waals surface area (Å²) < 4.78 is 10.9. The van der Waals surface area contributed by atoms with Crippen molar-refractivity contribution >= 4 is 23.6 Å². The first-order valence-corrected chi connectivity index (χ1v) is 9.86. The van der Waals surface area contributed by atoms with Crippen LogP contribution < -0.4 is 20.1 Å². The van der Waals surface area contributed by atoms with Gasteiger partial charge >= 0.3 is 0 Å². The second-order valence-electron chi connectivity index (χ2n) is 6.54. The Morgan fingerprint density at radius 2 is 1.58 bits per heavy atom. The lowest BCUT2D eigenvalue weighted by molar-refractivity contribution is -0.113. The number of anilines is 1. The lowest BCUT2D eigenvalue weighted by Crippen LogP contribution is -2.30. The highest BCUT2D eigenvalue weighted by Crippen LogP contribution is 2.29. The highest BCUT2D eigenvalue weighted by atomic mass is 16.5. The maximum atomic E-state index is 13.0. The van der Waals surface area contributed by atoms with Gasteiger partial charge in [0.1, 0.15) is 5.70 Å². The number of carbonyl (C=O) groups excluding carboxylic acids is 2. The normalized spacial score (nSPS) is 10.8. The molecule has 0 fully saturated rings. The summed E-state index contributed by atoms with van der Waals surface area (Å²) in [6, 6.07) is 23.1. The van der Waals surface area contributed by atoms with Crippen molar-refractivity contribution in [1.82, 2.24) is 5.32 Å². The zero-order valence-electron chi connectivity index (χ0n) is 17.4. The average Bonchev–Trinajstić information content (AvgIpc) is 2.80. The predicted octanol–water partition coefficient (Wildman–Crippen LogP) is 4.50. The van der Waals surface area contributed by atoms with Crippen LogP contribution in [0.4, 0.5) is 5.69 Å². The van der Waals surface area contributed by atoms with Crippen LogP contribution in [0.1, 0.15) is 22.8 Å². The first kappa shape index (κ1) is 21.6. The van der Waals surface area contributed by atoms with E-state index < -0.39 is 5.91 Å². The molecule has 6 heteroatoms. The summed E-state index contributed by atoms with van der Waals surface area (Å²) in [7, 11) is 1.55. The van der Waals surface area contributed by atoms with Crippen LogP contribution in [0.3, 0.4) is 0 Å². The van der Waals surface area contributed by atoms with Gasteiger partial charge in [0.2, 0.25) is 0 Å². The van der Waals surface area contributed by atoms with Crippen molar-refractivity contribution in [3.8, 4) is 11.5 Å². The van der Waals surface area contributed by atoms with Crippen molar-refractivity contribution in [2.75, 3.05) is 19.0 Å². The molecular weight excluding hydrogens is 392 g/mol. The van der Waals surface area contributed by atoms with Gasteiger partial charge in [0.05, 0.1) is 13.7 Å². The molecule has 0 aliphatic heterocycles. The lowest BCUT2D eigenvalue weighted by Gasteiger charge is -2.13. The Morgan fingerprint density at radius 3 is 2.23 bits per heavy atom. The van der Waals surface area contributed by atoms with Gasteiger partial charge < -0.3 is 20.1 Å². The van der Waals surface area contributed by atoms with E-state index in [0.29, 0.717) is 34.9 Å². The largest absolute Gasteiger partial charge is 0.493 e. The van der Waals surface area contributed by atoms with Crippen LogP contribution in [0.15, 0.2) is 84.6 Å². The number of hydrogen-bond acceptors (Lipinski definition) is 4. The number of nitrogens with one attached hydrogen (secondary N) is 2. The Morgan fingerprint density at radius 1 is 0.903 bits per heavy atom. The van der Waals surface area contributed by atoms with Crippen LogP contribution in [0.5, 0.6) is 11.5 Å². The molecule has 3 aromatic rings. The molecule has 0 heterocycles. The van der Waals surface area contributed by atoms with Gasteiger partial charge in [0.15, 0.2) is 11.5 Å². The summed E-state index contributed by atoms with van der Waals surface area (Å²) in [4.78, 5) is 25.6. The highest BCUT2D eigenvalue weighted by Gasteiger charge is 2.15. The Bertz CT molecular complexity index is 1060. The summed E-state index contributed by atoms with van der Waals surface area (Å²) in [5.74, 6) is 0.315. The molecule has 0 aliphatic carbocycles. The molecule has 0 aromatic heterocycles. The molecule has 0 radical (unpaired) electrons. The Balaban J connectivity index is 1.92. The summed E-state index contributed by atoms with van der Waals surface area (Å²) in [6.45, 7) is 2.39. The number of carbonyl (C=O) groups is 2. The van der Waals surface area contributed by atoms with Gasteiger partial charge in [0.25, 0.3) is 11.8 Å². The van der Waals surface area contributed by atoms with E-state index in [1.807, 2.05) is 31.2 Å². The number of methoxy groups -OCH3 is 1. The molecule has 0 spiro atoms.